The van der Waals surface area contributed by atoms with E-state index in [4.69, 9.17) is 9.47 Å². The summed E-state index contributed by atoms with van der Waals surface area (Å²) < 4.78 is 10.4. The van der Waals surface area contributed by atoms with E-state index in [0.717, 1.165) is 0 Å². The normalized spacial score (nSPS) is 22.6. The van der Waals surface area contributed by atoms with Gasteiger partial charge in [0.1, 0.15) is 11.6 Å². The highest BCUT2D eigenvalue weighted by Crippen LogP contribution is 2.25. The van der Waals surface area contributed by atoms with E-state index in [2.05, 4.69) is 0 Å². The van der Waals surface area contributed by atoms with Crippen molar-refractivity contribution in [2.24, 2.45) is 11.8 Å². The molecule has 1 aliphatic heterocycles. The Morgan fingerprint density at radius 1 is 1.33 bits per heavy atom. The molecule has 2 atom stereocenters. The molecule has 1 fully saturated rings. The molecule has 6 nitrogen and oxygen atoms in total. The fourth-order valence-electron chi connectivity index (χ4n) is 2.02. The predicted molar refractivity (Wildman–Crippen MR) is 76.7 cm³/mol. The topological polar surface area (TPSA) is 72.9 Å². The molecular formula is C15H25NO5. The molecule has 0 N–H and O–H groups in total. The first-order valence-corrected chi connectivity index (χ1v) is 7.22. The van der Waals surface area contributed by atoms with Gasteiger partial charge in [0.05, 0.1) is 13.2 Å². The Morgan fingerprint density at radius 2 is 1.90 bits per heavy atom. The third kappa shape index (κ3) is 4.72. The van der Waals surface area contributed by atoms with Gasteiger partial charge in [-0.2, -0.15) is 0 Å². The number of carbonyl (C=O) groups excluding carboxylic acids is 3. The van der Waals surface area contributed by atoms with E-state index < -0.39 is 29.6 Å². The van der Waals surface area contributed by atoms with Crippen LogP contribution in [0.15, 0.2) is 0 Å². The number of ketones is 1. The average Bonchev–Trinajstić information content (AvgIpc) is 2.61. The molecule has 1 saturated heterocycles. The van der Waals surface area contributed by atoms with Crippen molar-refractivity contribution < 1.29 is 23.9 Å². The van der Waals surface area contributed by atoms with Gasteiger partial charge in [-0.3, -0.25) is 9.69 Å². The lowest BCUT2D eigenvalue weighted by atomic mass is 10.0. The zero-order valence-corrected chi connectivity index (χ0v) is 13.6. The highest BCUT2D eigenvalue weighted by Gasteiger charge is 2.47. The monoisotopic (exact) mass is 299 g/mol. The lowest BCUT2D eigenvalue weighted by molar-refractivity contribution is -0.151. The highest BCUT2D eigenvalue weighted by molar-refractivity contribution is 5.97. The number of carbonyl (C=O) groups is 3. The molecule has 0 aromatic carbocycles. The quantitative estimate of drug-likeness (QED) is 0.745. The molecule has 0 spiro atoms. The molecular weight excluding hydrogens is 274 g/mol. The SMILES string of the molecule is CC(C)COC(=O)C1C(C)C(=O)CN1C(=O)OC(C)(C)C. The predicted octanol–water partition coefficient (Wildman–Crippen LogP) is 2.01. The summed E-state index contributed by atoms with van der Waals surface area (Å²) in [6.45, 7) is 10.8. The van der Waals surface area contributed by atoms with Crippen molar-refractivity contribution in [1.82, 2.24) is 4.90 Å². The van der Waals surface area contributed by atoms with Crippen LogP contribution in [0, 0.1) is 11.8 Å². The maximum absolute atomic E-state index is 12.2. The van der Waals surface area contributed by atoms with E-state index in [9.17, 15) is 14.4 Å². The van der Waals surface area contributed by atoms with Crippen molar-refractivity contribution in [3.63, 3.8) is 0 Å². The molecule has 120 valence electrons. The zero-order chi connectivity index (χ0) is 16.4. The summed E-state index contributed by atoms with van der Waals surface area (Å²) in [5.74, 6) is -1.09. The zero-order valence-electron chi connectivity index (χ0n) is 13.6. The molecule has 0 aliphatic carbocycles. The Bertz CT molecular complexity index is 424. The van der Waals surface area contributed by atoms with Gasteiger partial charge >= 0.3 is 12.1 Å². The Labute approximate surface area is 125 Å². The van der Waals surface area contributed by atoms with Gasteiger partial charge in [0.25, 0.3) is 0 Å². The van der Waals surface area contributed by atoms with Crippen molar-refractivity contribution in [3.8, 4) is 0 Å². The molecule has 1 heterocycles. The van der Waals surface area contributed by atoms with Gasteiger partial charge in [-0.05, 0) is 26.7 Å². The van der Waals surface area contributed by atoms with E-state index in [1.165, 1.54) is 4.90 Å². The molecule has 6 heteroatoms. The summed E-state index contributed by atoms with van der Waals surface area (Å²) in [6.07, 6.45) is -0.660. The molecule has 0 saturated carbocycles. The molecule has 1 amide bonds. The number of likely N-dealkylation sites (tertiary alicyclic amines) is 1. The van der Waals surface area contributed by atoms with E-state index >= 15 is 0 Å². The summed E-state index contributed by atoms with van der Waals surface area (Å²) in [5, 5.41) is 0. The number of rotatable bonds is 3. The van der Waals surface area contributed by atoms with Crippen molar-refractivity contribution >= 4 is 17.8 Å². The van der Waals surface area contributed by atoms with Crippen LogP contribution < -0.4 is 0 Å². The fourth-order valence-corrected chi connectivity index (χ4v) is 2.02. The first-order valence-electron chi connectivity index (χ1n) is 7.22. The number of ether oxygens (including phenoxy) is 2. The number of esters is 1. The molecule has 2 unspecified atom stereocenters. The van der Waals surface area contributed by atoms with Crippen LogP contribution in [0.4, 0.5) is 4.79 Å². The molecule has 0 aromatic rings. The number of hydrogen-bond acceptors (Lipinski definition) is 5. The maximum atomic E-state index is 12.2. The highest BCUT2D eigenvalue weighted by atomic mass is 16.6. The molecule has 21 heavy (non-hydrogen) atoms. The lowest BCUT2D eigenvalue weighted by Gasteiger charge is -2.28. The smallest absolute Gasteiger partial charge is 0.411 e. The Morgan fingerprint density at radius 3 is 2.38 bits per heavy atom. The van der Waals surface area contributed by atoms with Crippen LogP contribution in [0.2, 0.25) is 0 Å². The third-order valence-corrected chi connectivity index (χ3v) is 3.07. The van der Waals surface area contributed by atoms with Crippen LogP contribution in [0.3, 0.4) is 0 Å². The molecule has 1 rings (SSSR count). The van der Waals surface area contributed by atoms with Crippen LogP contribution in [-0.2, 0) is 19.1 Å². The summed E-state index contributed by atoms with van der Waals surface area (Å²) in [4.78, 5) is 37.3. The summed E-state index contributed by atoms with van der Waals surface area (Å²) in [6, 6.07) is -0.897. The molecule has 0 aromatic heterocycles. The largest absolute Gasteiger partial charge is 0.464 e. The van der Waals surface area contributed by atoms with Crippen LogP contribution in [0.5, 0.6) is 0 Å². The summed E-state index contributed by atoms with van der Waals surface area (Å²) >= 11 is 0. The van der Waals surface area contributed by atoms with Crippen molar-refractivity contribution in [2.75, 3.05) is 13.2 Å². The first kappa shape index (κ1) is 17.5. The van der Waals surface area contributed by atoms with Crippen LogP contribution in [-0.4, -0.2) is 47.5 Å². The minimum Gasteiger partial charge on any atom is -0.464 e. The second-order valence-electron chi connectivity index (χ2n) is 6.83. The Balaban J connectivity index is 2.83. The number of amides is 1. The van der Waals surface area contributed by atoms with E-state index in [-0.39, 0.29) is 24.9 Å². The van der Waals surface area contributed by atoms with E-state index in [1.807, 2.05) is 13.8 Å². The number of nitrogens with zero attached hydrogens (tertiary/aromatic N) is 1. The van der Waals surface area contributed by atoms with Crippen molar-refractivity contribution in [2.45, 2.75) is 53.2 Å². The average molecular weight is 299 g/mol. The van der Waals surface area contributed by atoms with Crippen molar-refractivity contribution in [1.29, 1.82) is 0 Å². The van der Waals surface area contributed by atoms with E-state index in [0.29, 0.717) is 0 Å². The van der Waals surface area contributed by atoms with Gasteiger partial charge in [0.15, 0.2) is 5.78 Å². The summed E-state index contributed by atoms with van der Waals surface area (Å²) in [5.41, 5.74) is -0.682. The van der Waals surface area contributed by atoms with Gasteiger partial charge in [0, 0.05) is 5.92 Å². The molecule has 1 aliphatic rings. The van der Waals surface area contributed by atoms with Gasteiger partial charge in [-0.25, -0.2) is 9.59 Å². The van der Waals surface area contributed by atoms with Gasteiger partial charge in [0.2, 0.25) is 0 Å². The second kappa shape index (κ2) is 6.45. The van der Waals surface area contributed by atoms with Gasteiger partial charge in [-0.1, -0.05) is 20.8 Å². The molecule has 0 radical (unpaired) electrons. The standard InChI is InChI=1S/C15H25NO5/c1-9(2)8-20-13(18)12-10(3)11(17)7-16(12)14(19)21-15(4,5)6/h9-10,12H,7-8H2,1-6H3. The van der Waals surface area contributed by atoms with E-state index in [1.54, 1.807) is 27.7 Å². The van der Waals surface area contributed by atoms with Gasteiger partial charge < -0.3 is 9.47 Å². The van der Waals surface area contributed by atoms with Crippen LogP contribution in [0.25, 0.3) is 0 Å². The summed E-state index contributed by atoms with van der Waals surface area (Å²) in [7, 11) is 0. The fraction of sp³-hybridized carbons (Fsp3) is 0.800. The Hall–Kier alpha value is -1.59. The van der Waals surface area contributed by atoms with Gasteiger partial charge in [-0.15, -0.1) is 0 Å². The minimum absolute atomic E-state index is 0.114. The third-order valence-electron chi connectivity index (χ3n) is 3.07. The Kier molecular flexibility index (Phi) is 5.36. The second-order valence-corrected chi connectivity index (χ2v) is 6.83. The minimum atomic E-state index is -0.897. The lowest BCUT2D eigenvalue weighted by Crippen LogP contribution is -2.46. The number of hydrogen-bond donors (Lipinski definition) is 0. The van der Waals surface area contributed by atoms with Crippen LogP contribution in [0.1, 0.15) is 41.5 Å². The maximum Gasteiger partial charge on any atom is 0.411 e. The first-order chi connectivity index (χ1) is 9.53. The molecule has 0 bridgehead atoms. The number of Topliss-reactive ketones (excluding diaryl/α,β-unsaturated/α-hetero) is 1. The van der Waals surface area contributed by atoms with Crippen LogP contribution >= 0.6 is 0 Å². The van der Waals surface area contributed by atoms with Crippen molar-refractivity contribution in [3.05, 3.63) is 0 Å².